The van der Waals surface area contributed by atoms with Gasteiger partial charge in [-0.3, -0.25) is 0 Å². The van der Waals surface area contributed by atoms with Crippen LogP contribution in [-0.2, 0) is 6.54 Å². The first-order valence-electron chi connectivity index (χ1n) is 6.53. The normalized spacial score (nSPS) is 10.1. The molecule has 104 valence electrons. The van der Waals surface area contributed by atoms with Crippen molar-refractivity contribution >= 4 is 17.4 Å². The molecular formula is C17H19NOS. The number of rotatable bonds is 7. The minimum Gasteiger partial charge on any atom is -0.496 e. The molecule has 20 heavy (non-hydrogen) atoms. The topological polar surface area (TPSA) is 21.3 Å². The number of hydrogen-bond donors (Lipinski definition) is 1. The van der Waals surface area contributed by atoms with Gasteiger partial charge in [0.1, 0.15) is 5.75 Å². The summed E-state index contributed by atoms with van der Waals surface area (Å²) in [5.74, 6) is 1.82. The molecule has 3 heteroatoms. The minimum absolute atomic E-state index is 0.746. The van der Waals surface area contributed by atoms with Crippen molar-refractivity contribution in [1.82, 2.24) is 0 Å². The summed E-state index contributed by atoms with van der Waals surface area (Å²) in [6.07, 6.45) is 1.92. The van der Waals surface area contributed by atoms with Crippen LogP contribution < -0.4 is 10.1 Å². The molecule has 0 heterocycles. The van der Waals surface area contributed by atoms with Gasteiger partial charge in [-0.2, -0.15) is 0 Å². The second-order valence-corrected chi connectivity index (χ2v) is 5.32. The Morgan fingerprint density at radius 3 is 2.70 bits per heavy atom. The predicted octanol–water partition coefficient (Wildman–Crippen LogP) is 4.59. The van der Waals surface area contributed by atoms with Crippen LogP contribution >= 0.6 is 11.8 Å². The Hall–Kier alpha value is -1.87. The predicted molar refractivity (Wildman–Crippen MR) is 87.7 cm³/mol. The highest BCUT2D eigenvalue weighted by atomic mass is 32.2. The monoisotopic (exact) mass is 285 g/mol. The Morgan fingerprint density at radius 1 is 1.15 bits per heavy atom. The number of ether oxygens (including phenoxy) is 1. The summed E-state index contributed by atoms with van der Waals surface area (Å²) in [6.45, 7) is 4.51. The average molecular weight is 285 g/mol. The lowest BCUT2D eigenvalue weighted by molar-refractivity contribution is 0.410. The van der Waals surface area contributed by atoms with Crippen LogP contribution in [0.3, 0.4) is 0 Å². The van der Waals surface area contributed by atoms with Crippen LogP contribution in [0.1, 0.15) is 5.56 Å². The molecule has 0 radical (unpaired) electrons. The van der Waals surface area contributed by atoms with E-state index in [4.69, 9.17) is 4.74 Å². The van der Waals surface area contributed by atoms with Gasteiger partial charge in [0.15, 0.2) is 0 Å². The minimum atomic E-state index is 0.746. The molecule has 0 spiro atoms. The largest absolute Gasteiger partial charge is 0.496 e. The lowest BCUT2D eigenvalue weighted by atomic mass is 10.2. The first-order valence-corrected chi connectivity index (χ1v) is 7.52. The summed E-state index contributed by atoms with van der Waals surface area (Å²) in [4.78, 5) is 1.24. The maximum Gasteiger partial charge on any atom is 0.123 e. The van der Waals surface area contributed by atoms with Crippen LogP contribution in [0.5, 0.6) is 5.75 Å². The van der Waals surface area contributed by atoms with Gasteiger partial charge in [-0.15, -0.1) is 18.3 Å². The molecule has 0 aromatic heterocycles. The average Bonchev–Trinajstić information content (AvgIpc) is 2.52. The van der Waals surface area contributed by atoms with E-state index in [1.807, 2.05) is 30.3 Å². The van der Waals surface area contributed by atoms with E-state index < -0.39 is 0 Å². The number of hydrogen-bond acceptors (Lipinski definition) is 3. The lowest BCUT2D eigenvalue weighted by Crippen LogP contribution is -2.02. The van der Waals surface area contributed by atoms with Crippen LogP contribution in [0.25, 0.3) is 0 Å². The molecule has 2 rings (SSSR count). The SMILES string of the molecule is C=CCSc1ccccc1NCc1ccccc1OC. The highest BCUT2D eigenvalue weighted by Gasteiger charge is 2.04. The van der Waals surface area contributed by atoms with Crippen molar-refractivity contribution in [3.63, 3.8) is 0 Å². The summed E-state index contributed by atoms with van der Waals surface area (Å²) in [5.41, 5.74) is 2.30. The third-order valence-electron chi connectivity index (χ3n) is 2.91. The van der Waals surface area contributed by atoms with Gasteiger partial charge < -0.3 is 10.1 Å². The van der Waals surface area contributed by atoms with Crippen molar-refractivity contribution < 1.29 is 4.74 Å². The van der Waals surface area contributed by atoms with Gasteiger partial charge >= 0.3 is 0 Å². The fourth-order valence-corrected chi connectivity index (χ4v) is 2.69. The van der Waals surface area contributed by atoms with Gasteiger partial charge in [0.2, 0.25) is 0 Å². The van der Waals surface area contributed by atoms with Crippen LogP contribution in [0.15, 0.2) is 66.1 Å². The molecule has 2 aromatic rings. The molecule has 2 aromatic carbocycles. The Balaban J connectivity index is 2.08. The van der Waals surface area contributed by atoms with Crippen molar-refractivity contribution in [2.75, 3.05) is 18.2 Å². The summed E-state index contributed by atoms with van der Waals surface area (Å²) in [5, 5.41) is 3.48. The second kappa shape index (κ2) is 7.65. The van der Waals surface area contributed by atoms with Crippen molar-refractivity contribution in [3.8, 4) is 5.75 Å². The van der Waals surface area contributed by atoms with Gasteiger partial charge in [0, 0.05) is 28.4 Å². The van der Waals surface area contributed by atoms with E-state index in [2.05, 4.69) is 36.2 Å². The summed E-state index contributed by atoms with van der Waals surface area (Å²) < 4.78 is 5.37. The van der Waals surface area contributed by atoms with Crippen molar-refractivity contribution in [2.24, 2.45) is 0 Å². The quantitative estimate of drug-likeness (QED) is 0.594. The smallest absolute Gasteiger partial charge is 0.123 e. The Kier molecular flexibility index (Phi) is 5.56. The summed E-state index contributed by atoms with van der Waals surface area (Å²) in [7, 11) is 1.70. The first kappa shape index (κ1) is 14.5. The molecule has 0 unspecified atom stereocenters. The molecule has 0 aliphatic rings. The van der Waals surface area contributed by atoms with Crippen molar-refractivity contribution in [2.45, 2.75) is 11.4 Å². The van der Waals surface area contributed by atoms with E-state index in [-0.39, 0.29) is 0 Å². The number of thioether (sulfide) groups is 1. The molecule has 0 saturated carbocycles. The molecule has 0 fully saturated rings. The lowest BCUT2D eigenvalue weighted by Gasteiger charge is -2.13. The maximum absolute atomic E-state index is 5.37. The molecule has 1 N–H and O–H groups in total. The Labute approximate surface area is 124 Å². The van der Waals surface area contributed by atoms with Gasteiger partial charge in [-0.1, -0.05) is 36.4 Å². The molecule has 0 aliphatic heterocycles. The van der Waals surface area contributed by atoms with Gasteiger partial charge in [-0.25, -0.2) is 0 Å². The molecule has 0 aliphatic carbocycles. The zero-order valence-electron chi connectivity index (χ0n) is 11.6. The number of nitrogens with one attached hydrogen (secondary N) is 1. The van der Waals surface area contributed by atoms with Gasteiger partial charge in [0.05, 0.1) is 7.11 Å². The van der Waals surface area contributed by atoms with Crippen LogP contribution in [0.4, 0.5) is 5.69 Å². The van der Waals surface area contributed by atoms with E-state index in [9.17, 15) is 0 Å². The molecule has 0 amide bonds. The molecule has 2 nitrogen and oxygen atoms in total. The van der Waals surface area contributed by atoms with Crippen LogP contribution in [0, 0.1) is 0 Å². The molecule has 0 bridgehead atoms. The highest BCUT2D eigenvalue weighted by Crippen LogP contribution is 2.28. The fraction of sp³-hybridized carbons (Fsp3) is 0.176. The van der Waals surface area contributed by atoms with Crippen molar-refractivity contribution in [3.05, 3.63) is 66.7 Å². The number of anilines is 1. The molecular weight excluding hydrogens is 266 g/mol. The standard InChI is InChI=1S/C17H19NOS/c1-3-12-20-17-11-7-5-9-15(17)18-13-14-8-4-6-10-16(14)19-2/h3-11,18H,1,12-13H2,2H3. The fourth-order valence-electron chi connectivity index (χ4n) is 1.93. The third-order valence-corrected chi connectivity index (χ3v) is 3.97. The van der Waals surface area contributed by atoms with E-state index in [0.717, 1.165) is 29.3 Å². The van der Waals surface area contributed by atoms with Crippen LogP contribution in [-0.4, -0.2) is 12.9 Å². The van der Waals surface area contributed by atoms with E-state index in [0.29, 0.717) is 0 Å². The van der Waals surface area contributed by atoms with Gasteiger partial charge in [0.25, 0.3) is 0 Å². The summed E-state index contributed by atoms with van der Waals surface area (Å²) >= 11 is 1.78. The molecule has 0 saturated heterocycles. The van der Waals surface area contributed by atoms with Crippen LogP contribution in [0.2, 0.25) is 0 Å². The second-order valence-electron chi connectivity index (χ2n) is 4.26. The summed E-state index contributed by atoms with van der Waals surface area (Å²) in [6, 6.07) is 16.4. The first-order chi connectivity index (χ1) is 9.85. The highest BCUT2D eigenvalue weighted by molar-refractivity contribution is 7.99. The number of para-hydroxylation sites is 2. The Morgan fingerprint density at radius 2 is 1.90 bits per heavy atom. The zero-order chi connectivity index (χ0) is 14.2. The number of methoxy groups -OCH3 is 1. The third kappa shape index (κ3) is 3.81. The van der Waals surface area contributed by atoms with Crippen molar-refractivity contribution in [1.29, 1.82) is 0 Å². The zero-order valence-corrected chi connectivity index (χ0v) is 12.5. The van der Waals surface area contributed by atoms with Gasteiger partial charge in [-0.05, 0) is 18.2 Å². The van der Waals surface area contributed by atoms with E-state index in [1.165, 1.54) is 4.90 Å². The Bertz CT molecular complexity index is 568. The van der Waals surface area contributed by atoms with E-state index in [1.54, 1.807) is 18.9 Å². The number of benzene rings is 2. The molecule has 0 atom stereocenters. The maximum atomic E-state index is 5.37. The van der Waals surface area contributed by atoms with E-state index >= 15 is 0 Å².